The first-order chi connectivity index (χ1) is 15.4. The average molecular weight is 457 g/mol. The number of sulfonamides is 1. The summed E-state index contributed by atoms with van der Waals surface area (Å²) in [5.74, 6) is 0.458. The first-order valence-electron chi connectivity index (χ1n) is 10.3. The van der Waals surface area contributed by atoms with Crippen molar-refractivity contribution in [3.63, 3.8) is 0 Å². The van der Waals surface area contributed by atoms with Crippen molar-refractivity contribution in [3.05, 3.63) is 54.1 Å². The lowest BCUT2D eigenvalue weighted by Crippen LogP contribution is -2.43. The quantitative estimate of drug-likeness (QED) is 0.580. The van der Waals surface area contributed by atoms with Gasteiger partial charge in [0.05, 0.1) is 11.5 Å². The summed E-state index contributed by atoms with van der Waals surface area (Å²) in [6.07, 6.45) is 1.00. The Balaban J connectivity index is 1.47. The fourth-order valence-corrected chi connectivity index (χ4v) is 5.23. The minimum atomic E-state index is -3.79. The van der Waals surface area contributed by atoms with Crippen molar-refractivity contribution in [2.45, 2.75) is 37.6 Å². The molecule has 32 heavy (non-hydrogen) atoms. The second-order valence-electron chi connectivity index (χ2n) is 7.45. The Hall–Kier alpha value is -3.24. The molecule has 0 aliphatic carbocycles. The van der Waals surface area contributed by atoms with E-state index in [-0.39, 0.29) is 23.3 Å². The SMILES string of the molecule is CCOc1ccc(-c2nnc(NC(=O)C3CCCN3S(=O)(=O)c3ccc(C)cc3)o2)cc1. The molecule has 4 rings (SSSR count). The minimum Gasteiger partial charge on any atom is -0.494 e. The number of nitrogens with one attached hydrogen (secondary N) is 1. The number of amides is 1. The molecule has 1 aliphatic heterocycles. The molecule has 2 aromatic carbocycles. The van der Waals surface area contributed by atoms with Gasteiger partial charge in [0.2, 0.25) is 21.8 Å². The van der Waals surface area contributed by atoms with E-state index in [1.54, 1.807) is 48.5 Å². The lowest BCUT2D eigenvalue weighted by Gasteiger charge is -2.22. The third kappa shape index (κ3) is 4.51. The van der Waals surface area contributed by atoms with Crippen LogP contribution in [0.5, 0.6) is 5.75 Å². The van der Waals surface area contributed by atoms with Crippen molar-refractivity contribution in [1.82, 2.24) is 14.5 Å². The van der Waals surface area contributed by atoms with Gasteiger partial charge < -0.3 is 9.15 Å². The highest BCUT2D eigenvalue weighted by atomic mass is 32.2. The fraction of sp³-hybridized carbons (Fsp3) is 0.318. The summed E-state index contributed by atoms with van der Waals surface area (Å²) >= 11 is 0. The van der Waals surface area contributed by atoms with Gasteiger partial charge in [0, 0.05) is 12.1 Å². The average Bonchev–Trinajstić information content (AvgIpc) is 3.45. The number of hydrogen-bond donors (Lipinski definition) is 1. The van der Waals surface area contributed by atoms with Crippen molar-refractivity contribution in [2.24, 2.45) is 0 Å². The van der Waals surface area contributed by atoms with E-state index >= 15 is 0 Å². The smallest absolute Gasteiger partial charge is 0.322 e. The number of aromatic nitrogens is 2. The zero-order valence-corrected chi connectivity index (χ0v) is 18.6. The molecule has 1 unspecified atom stereocenters. The molecule has 0 bridgehead atoms. The number of anilines is 1. The summed E-state index contributed by atoms with van der Waals surface area (Å²) in [7, 11) is -3.79. The molecule has 1 aliphatic rings. The highest BCUT2D eigenvalue weighted by molar-refractivity contribution is 7.89. The van der Waals surface area contributed by atoms with Crippen molar-refractivity contribution in [2.75, 3.05) is 18.5 Å². The van der Waals surface area contributed by atoms with E-state index < -0.39 is 22.0 Å². The Labute approximate surface area is 186 Å². The van der Waals surface area contributed by atoms with Crippen LogP contribution in [-0.4, -0.2) is 48.0 Å². The summed E-state index contributed by atoms with van der Waals surface area (Å²) in [5, 5.41) is 10.4. The monoisotopic (exact) mass is 456 g/mol. The van der Waals surface area contributed by atoms with Gasteiger partial charge in [-0.3, -0.25) is 10.1 Å². The molecule has 1 fully saturated rings. The molecule has 3 aromatic rings. The van der Waals surface area contributed by atoms with Gasteiger partial charge in [-0.15, -0.1) is 5.10 Å². The summed E-state index contributed by atoms with van der Waals surface area (Å²) in [6, 6.07) is 12.8. The second kappa shape index (κ2) is 9.09. The van der Waals surface area contributed by atoms with Gasteiger partial charge >= 0.3 is 6.01 Å². The van der Waals surface area contributed by atoms with Crippen molar-refractivity contribution in [1.29, 1.82) is 0 Å². The zero-order valence-electron chi connectivity index (χ0n) is 17.8. The summed E-state index contributed by atoms with van der Waals surface area (Å²) in [5.41, 5.74) is 1.63. The predicted octanol–water partition coefficient (Wildman–Crippen LogP) is 3.24. The van der Waals surface area contributed by atoms with E-state index in [1.807, 2.05) is 13.8 Å². The van der Waals surface area contributed by atoms with Gasteiger partial charge in [0.1, 0.15) is 11.8 Å². The third-order valence-electron chi connectivity index (χ3n) is 5.20. The number of ether oxygens (including phenoxy) is 1. The molecule has 1 saturated heterocycles. The predicted molar refractivity (Wildman–Crippen MR) is 118 cm³/mol. The van der Waals surface area contributed by atoms with Gasteiger partial charge in [-0.1, -0.05) is 22.8 Å². The highest BCUT2D eigenvalue weighted by Gasteiger charge is 2.39. The lowest BCUT2D eigenvalue weighted by molar-refractivity contribution is -0.119. The van der Waals surface area contributed by atoms with E-state index in [0.717, 1.165) is 11.3 Å². The molecular weight excluding hydrogens is 432 g/mol. The fourth-order valence-electron chi connectivity index (χ4n) is 3.57. The minimum absolute atomic E-state index is 0.0848. The number of benzene rings is 2. The normalized spacial score (nSPS) is 16.8. The van der Waals surface area contributed by atoms with Crippen LogP contribution in [0.25, 0.3) is 11.5 Å². The Kier molecular flexibility index (Phi) is 6.24. The van der Waals surface area contributed by atoms with Gasteiger partial charge in [0.15, 0.2) is 0 Å². The maximum absolute atomic E-state index is 13.1. The molecule has 0 radical (unpaired) electrons. The van der Waals surface area contributed by atoms with Crippen molar-refractivity contribution < 1.29 is 22.4 Å². The molecular formula is C22H24N4O5S. The van der Waals surface area contributed by atoms with E-state index in [2.05, 4.69) is 15.5 Å². The Morgan fingerprint density at radius 3 is 2.56 bits per heavy atom. The topological polar surface area (TPSA) is 115 Å². The Morgan fingerprint density at radius 2 is 1.88 bits per heavy atom. The first-order valence-corrected chi connectivity index (χ1v) is 11.8. The maximum atomic E-state index is 13.1. The van der Waals surface area contributed by atoms with Crippen LogP contribution in [0.3, 0.4) is 0 Å². The Bertz CT molecular complexity index is 1190. The zero-order chi connectivity index (χ0) is 22.7. The first kappa shape index (κ1) is 22.0. The molecule has 1 N–H and O–H groups in total. The van der Waals surface area contributed by atoms with Crippen molar-refractivity contribution >= 4 is 21.9 Å². The molecule has 168 valence electrons. The van der Waals surface area contributed by atoms with Gasteiger partial charge in [0.25, 0.3) is 0 Å². The third-order valence-corrected chi connectivity index (χ3v) is 7.12. The van der Waals surface area contributed by atoms with E-state index in [0.29, 0.717) is 25.0 Å². The molecule has 1 amide bonds. The molecule has 0 saturated carbocycles. The van der Waals surface area contributed by atoms with Crippen LogP contribution in [0, 0.1) is 6.92 Å². The van der Waals surface area contributed by atoms with Gasteiger partial charge in [-0.05, 0) is 63.1 Å². The van der Waals surface area contributed by atoms with Crippen LogP contribution in [0.2, 0.25) is 0 Å². The number of rotatable bonds is 7. The van der Waals surface area contributed by atoms with Crippen LogP contribution in [0.4, 0.5) is 6.01 Å². The van der Waals surface area contributed by atoms with Crippen LogP contribution < -0.4 is 10.1 Å². The van der Waals surface area contributed by atoms with Gasteiger partial charge in [-0.2, -0.15) is 4.31 Å². The maximum Gasteiger partial charge on any atom is 0.322 e. The van der Waals surface area contributed by atoms with Gasteiger partial charge in [-0.25, -0.2) is 8.42 Å². The van der Waals surface area contributed by atoms with Crippen LogP contribution in [0.15, 0.2) is 57.8 Å². The number of carbonyl (C=O) groups is 1. The van der Waals surface area contributed by atoms with E-state index in [1.165, 1.54) is 4.31 Å². The Morgan fingerprint density at radius 1 is 1.16 bits per heavy atom. The lowest BCUT2D eigenvalue weighted by atomic mass is 10.2. The summed E-state index contributed by atoms with van der Waals surface area (Å²) in [6.45, 7) is 4.62. The largest absolute Gasteiger partial charge is 0.494 e. The summed E-state index contributed by atoms with van der Waals surface area (Å²) < 4.78 is 38.3. The molecule has 0 spiro atoms. The van der Waals surface area contributed by atoms with Crippen LogP contribution >= 0.6 is 0 Å². The highest BCUT2D eigenvalue weighted by Crippen LogP contribution is 2.28. The van der Waals surface area contributed by atoms with E-state index in [9.17, 15) is 13.2 Å². The summed E-state index contributed by atoms with van der Waals surface area (Å²) in [4.78, 5) is 13.0. The molecule has 1 atom stereocenters. The number of aryl methyl sites for hydroxylation is 1. The molecule has 1 aromatic heterocycles. The van der Waals surface area contributed by atoms with Crippen molar-refractivity contribution in [3.8, 4) is 17.2 Å². The van der Waals surface area contributed by atoms with Crippen LogP contribution in [-0.2, 0) is 14.8 Å². The standard InChI is InChI=1S/C22H24N4O5S/c1-3-30-17-10-8-16(9-11-17)21-24-25-22(31-21)23-20(27)19-5-4-14-26(19)32(28,29)18-12-6-15(2)7-13-18/h6-13,19H,3-5,14H2,1-2H3,(H,23,25,27). The number of carbonyl (C=O) groups excluding carboxylic acids is 1. The number of nitrogens with zero attached hydrogens (tertiary/aromatic N) is 3. The molecule has 2 heterocycles. The molecule has 10 heteroatoms. The second-order valence-corrected chi connectivity index (χ2v) is 9.34. The number of hydrogen-bond acceptors (Lipinski definition) is 7. The van der Waals surface area contributed by atoms with Crippen LogP contribution in [0.1, 0.15) is 25.3 Å². The van der Waals surface area contributed by atoms with E-state index in [4.69, 9.17) is 9.15 Å². The molecule has 9 nitrogen and oxygen atoms in total.